The number of hydrogen-bond donors (Lipinski definition) is 1. The predicted molar refractivity (Wildman–Crippen MR) is 86.7 cm³/mol. The summed E-state index contributed by atoms with van der Waals surface area (Å²) < 4.78 is 37.3. The first-order valence-electron chi connectivity index (χ1n) is 7.65. The maximum Gasteiger partial charge on any atom is 0.311 e. The summed E-state index contributed by atoms with van der Waals surface area (Å²) in [5.74, 6) is -1.70. The van der Waals surface area contributed by atoms with Crippen LogP contribution in [0.5, 0.6) is 5.75 Å². The van der Waals surface area contributed by atoms with Gasteiger partial charge in [-0.05, 0) is 30.2 Å². The molecule has 0 aliphatic carbocycles. The molecule has 1 N–H and O–H groups in total. The lowest BCUT2D eigenvalue weighted by Crippen LogP contribution is -2.23. The van der Waals surface area contributed by atoms with Crippen LogP contribution in [0.1, 0.15) is 18.1 Å². The fourth-order valence-electron chi connectivity index (χ4n) is 2.89. The first-order valence-corrected chi connectivity index (χ1v) is 7.65. The molecule has 2 unspecified atom stereocenters. The summed E-state index contributed by atoms with van der Waals surface area (Å²) in [5, 5.41) is 14.2. The minimum Gasteiger partial charge on any atom is -0.490 e. The maximum atomic E-state index is 13.5. The van der Waals surface area contributed by atoms with E-state index < -0.39 is 22.7 Å². The van der Waals surface area contributed by atoms with E-state index in [0.717, 1.165) is 12.1 Å². The van der Waals surface area contributed by atoms with Crippen LogP contribution in [0.15, 0.2) is 36.4 Å². The summed E-state index contributed by atoms with van der Waals surface area (Å²) in [4.78, 5) is 10.4. The lowest BCUT2D eigenvalue weighted by Gasteiger charge is -2.21. The molecular formula is C17H16F2N2O4. The number of rotatable bonds is 5. The molecule has 132 valence electrons. The maximum absolute atomic E-state index is 13.5. The Labute approximate surface area is 142 Å². The zero-order valence-electron chi connectivity index (χ0n) is 13.4. The average molecular weight is 350 g/mol. The van der Waals surface area contributed by atoms with E-state index in [1.54, 1.807) is 6.07 Å². The second-order valence-electron chi connectivity index (χ2n) is 5.65. The summed E-state index contributed by atoms with van der Waals surface area (Å²) >= 11 is 0. The van der Waals surface area contributed by atoms with E-state index in [0.29, 0.717) is 24.3 Å². The Morgan fingerprint density at radius 1 is 1.24 bits per heavy atom. The smallest absolute Gasteiger partial charge is 0.311 e. The Morgan fingerprint density at radius 3 is 2.72 bits per heavy atom. The first kappa shape index (κ1) is 17.1. The Kier molecular flexibility index (Phi) is 4.80. The fraction of sp³-hybridized carbons (Fsp3) is 0.294. The number of nitrogens with zero attached hydrogens (tertiary/aromatic N) is 1. The van der Waals surface area contributed by atoms with Crippen LogP contribution in [0, 0.1) is 21.7 Å². The molecule has 0 radical (unpaired) electrons. The standard InChI is InChI=1S/C17H16F2N2O4/c1-24-16-9-11(3-5-15(16)21(22)23)20-14-6-7-25-17(14)10-2-4-12(18)13(19)8-10/h2-5,8-9,14,17,20H,6-7H2,1H3. The average Bonchev–Trinajstić information content (AvgIpc) is 3.05. The Hall–Kier alpha value is -2.74. The van der Waals surface area contributed by atoms with Crippen LogP contribution in [0.3, 0.4) is 0 Å². The molecule has 2 aromatic rings. The Balaban J connectivity index is 1.81. The molecule has 0 bridgehead atoms. The van der Waals surface area contributed by atoms with E-state index in [4.69, 9.17) is 9.47 Å². The summed E-state index contributed by atoms with van der Waals surface area (Å²) in [6.07, 6.45) is 0.208. The Morgan fingerprint density at radius 2 is 2.04 bits per heavy atom. The van der Waals surface area contributed by atoms with E-state index in [2.05, 4.69) is 5.32 Å². The van der Waals surface area contributed by atoms with Crippen LogP contribution in [-0.4, -0.2) is 24.7 Å². The van der Waals surface area contributed by atoms with Crippen LogP contribution in [-0.2, 0) is 4.74 Å². The third-order valence-electron chi connectivity index (χ3n) is 4.09. The molecular weight excluding hydrogens is 334 g/mol. The van der Waals surface area contributed by atoms with Gasteiger partial charge in [-0.1, -0.05) is 6.07 Å². The number of ether oxygens (including phenoxy) is 2. The van der Waals surface area contributed by atoms with Gasteiger partial charge < -0.3 is 14.8 Å². The highest BCUT2D eigenvalue weighted by molar-refractivity contribution is 5.58. The Bertz CT molecular complexity index is 800. The van der Waals surface area contributed by atoms with E-state index in [1.165, 1.54) is 25.3 Å². The van der Waals surface area contributed by atoms with Gasteiger partial charge in [0.25, 0.3) is 0 Å². The minimum absolute atomic E-state index is 0.132. The molecule has 1 saturated heterocycles. The van der Waals surface area contributed by atoms with Gasteiger partial charge in [0, 0.05) is 24.4 Å². The summed E-state index contributed by atoms with van der Waals surface area (Å²) in [5.41, 5.74) is 1.01. The summed E-state index contributed by atoms with van der Waals surface area (Å²) in [7, 11) is 1.36. The van der Waals surface area contributed by atoms with E-state index in [9.17, 15) is 18.9 Å². The highest BCUT2D eigenvalue weighted by Gasteiger charge is 2.30. The van der Waals surface area contributed by atoms with Crippen molar-refractivity contribution in [3.63, 3.8) is 0 Å². The van der Waals surface area contributed by atoms with Crippen molar-refractivity contribution in [1.82, 2.24) is 0 Å². The lowest BCUT2D eigenvalue weighted by atomic mass is 10.0. The number of methoxy groups -OCH3 is 1. The first-order chi connectivity index (χ1) is 12.0. The molecule has 25 heavy (non-hydrogen) atoms. The van der Waals surface area contributed by atoms with Crippen molar-refractivity contribution in [2.75, 3.05) is 19.0 Å². The van der Waals surface area contributed by atoms with Gasteiger partial charge in [-0.2, -0.15) is 0 Å². The molecule has 0 amide bonds. The van der Waals surface area contributed by atoms with Crippen molar-refractivity contribution in [1.29, 1.82) is 0 Å². The van der Waals surface area contributed by atoms with Crippen molar-refractivity contribution in [3.05, 3.63) is 63.7 Å². The fourth-order valence-corrected chi connectivity index (χ4v) is 2.89. The SMILES string of the molecule is COc1cc(NC2CCOC2c2ccc(F)c(F)c2)ccc1[N+](=O)[O-]. The molecule has 3 rings (SSSR count). The van der Waals surface area contributed by atoms with Gasteiger partial charge in [0.15, 0.2) is 17.4 Å². The number of hydrogen-bond acceptors (Lipinski definition) is 5. The van der Waals surface area contributed by atoms with Gasteiger partial charge in [0.1, 0.15) is 6.10 Å². The topological polar surface area (TPSA) is 73.6 Å². The van der Waals surface area contributed by atoms with Crippen molar-refractivity contribution >= 4 is 11.4 Å². The molecule has 8 heteroatoms. The largest absolute Gasteiger partial charge is 0.490 e. The number of nitro benzene ring substituents is 1. The van der Waals surface area contributed by atoms with Gasteiger partial charge in [0.2, 0.25) is 0 Å². The summed E-state index contributed by atoms with van der Waals surface area (Å²) in [6, 6.07) is 7.94. The van der Waals surface area contributed by atoms with Gasteiger partial charge in [0.05, 0.1) is 18.1 Å². The van der Waals surface area contributed by atoms with Crippen molar-refractivity contribution in [2.45, 2.75) is 18.6 Å². The highest BCUT2D eigenvalue weighted by atomic mass is 19.2. The van der Waals surface area contributed by atoms with Crippen LogP contribution >= 0.6 is 0 Å². The molecule has 0 aromatic heterocycles. The number of nitrogens with one attached hydrogen (secondary N) is 1. The molecule has 1 aliphatic heterocycles. The third-order valence-corrected chi connectivity index (χ3v) is 4.09. The van der Waals surface area contributed by atoms with Crippen molar-refractivity contribution in [2.24, 2.45) is 0 Å². The van der Waals surface area contributed by atoms with E-state index in [-0.39, 0.29) is 17.5 Å². The van der Waals surface area contributed by atoms with Gasteiger partial charge in [-0.3, -0.25) is 10.1 Å². The molecule has 1 aliphatic rings. The summed E-state index contributed by atoms with van der Waals surface area (Å²) in [6.45, 7) is 0.464. The number of anilines is 1. The molecule has 2 atom stereocenters. The molecule has 1 fully saturated rings. The number of halogens is 2. The van der Waals surface area contributed by atoms with Crippen LogP contribution in [0.25, 0.3) is 0 Å². The second kappa shape index (κ2) is 7.02. The van der Waals surface area contributed by atoms with Crippen molar-refractivity contribution in [3.8, 4) is 5.75 Å². The lowest BCUT2D eigenvalue weighted by molar-refractivity contribution is -0.385. The third kappa shape index (κ3) is 3.53. The zero-order chi connectivity index (χ0) is 18.0. The van der Waals surface area contributed by atoms with Gasteiger partial charge >= 0.3 is 5.69 Å². The van der Waals surface area contributed by atoms with E-state index in [1.807, 2.05) is 0 Å². The highest BCUT2D eigenvalue weighted by Crippen LogP contribution is 2.35. The minimum atomic E-state index is -0.927. The van der Waals surface area contributed by atoms with Crippen LogP contribution < -0.4 is 10.1 Å². The van der Waals surface area contributed by atoms with Crippen LogP contribution in [0.4, 0.5) is 20.2 Å². The van der Waals surface area contributed by atoms with Gasteiger partial charge in [-0.15, -0.1) is 0 Å². The molecule has 0 spiro atoms. The molecule has 6 nitrogen and oxygen atoms in total. The van der Waals surface area contributed by atoms with Gasteiger partial charge in [-0.25, -0.2) is 8.78 Å². The van der Waals surface area contributed by atoms with Crippen molar-refractivity contribution < 1.29 is 23.2 Å². The normalized spacial score (nSPS) is 19.6. The van der Waals surface area contributed by atoms with E-state index >= 15 is 0 Å². The number of nitro groups is 1. The monoisotopic (exact) mass is 350 g/mol. The number of benzene rings is 2. The molecule has 1 heterocycles. The quantitative estimate of drug-likeness (QED) is 0.655. The molecule has 2 aromatic carbocycles. The predicted octanol–water partition coefficient (Wildman–Crippen LogP) is 3.82. The zero-order valence-corrected chi connectivity index (χ0v) is 13.4. The second-order valence-corrected chi connectivity index (χ2v) is 5.65. The molecule has 0 saturated carbocycles. The van der Waals surface area contributed by atoms with Crippen LogP contribution in [0.2, 0.25) is 0 Å².